The number of hydrogen-bond donors (Lipinski definition) is 0. The highest BCUT2D eigenvalue weighted by Gasteiger charge is 2.61. The predicted octanol–water partition coefficient (Wildman–Crippen LogP) is 3.66. The molecule has 1 aromatic carbocycles. The summed E-state index contributed by atoms with van der Waals surface area (Å²) in [7, 11) is 0. The zero-order chi connectivity index (χ0) is 21.7. The van der Waals surface area contributed by atoms with E-state index in [-0.39, 0.29) is 54.0 Å². The van der Waals surface area contributed by atoms with Gasteiger partial charge in [-0.25, -0.2) is 0 Å². The maximum absolute atomic E-state index is 13.0. The Morgan fingerprint density at radius 3 is 2.06 bits per heavy atom. The minimum atomic E-state index is -0.380. The molecule has 1 aromatic rings. The lowest BCUT2D eigenvalue weighted by atomic mass is 9.81. The summed E-state index contributed by atoms with van der Waals surface area (Å²) in [5.74, 6) is -0.285. The molecule has 1 aliphatic heterocycles. The summed E-state index contributed by atoms with van der Waals surface area (Å²) in [4.78, 5) is 52.2. The summed E-state index contributed by atoms with van der Waals surface area (Å²) in [6.45, 7) is -0.296. The van der Waals surface area contributed by atoms with Gasteiger partial charge < -0.3 is 4.74 Å². The molecule has 3 aliphatic carbocycles. The van der Waals surface area contributed by atoms with Crippen LogP contribution in [0.4, 0.5) is 0 Å². The van der Waals surface area contributed by atoms with E-state index in [1.807, 2.05) is 0 Å². The second-order valence-corrected chi connectivity index (χ2v) is 9.91. The van der Waals surface area contributed by atoms with Crippen molar-refractivity contribution in [3.05, 3.63) is 34.9 Å². The molecule has 4 fully saturated rings. The molecule has 5 rings (SSSR count). The standard InChI is InChI=1S/C24H26ClNO5/c25-17-7-3-13(4-8-17)19(27)12-31-24(30)14-5-9-18(10-6-14)26-22(28)20-15-1-2-16(11-15)21(20)23(26)29/h3-4,7-8,14-16,18,20-21H,1-2,5-6,9-12H2. The van der Waals surface area contributed by atoms with Gasteiger partial charge in [0.05, 0.1) is 17.8 Å². The van der Waals surface area contributed by atoms with Crippen molar-refractivity contribution in [2.75, 3.05) is 6.61 Å². The smallest absolute Gasteiger partial charge is 0.309 e. The van der Waals surface area contributed by atoms with Gasteiger partial charge in [0.2, 0.25) is 11.8 Å². The van der Waals surface area contributed by atoms with Crippen molar-refractivity contribution >= 4 is 35.2 Å². The molecule has 2 amide bonds. The monoisotopic (exact) mass is 443 g/mol. The molecule has 6 nitrogen and oxygen atoms in total. The number of esters is 1. The molecule has 3 saturated carbocycles. The van der Waals surface area contributed by atoms with Crippen molar-refractivity contribution in [1.82, 2.24) is 4.90 Å². The van der Waals surface area contributed by atoms with E-state index in [0.29, 0.717) is 48.1 Å². The highest BCUT2D eigenvalue weighted by molar-refractivity contribution is 6.30. The number of ketones is 1. The van der Waals surface area contributed by atoms with Crippen LogP contribution < -0.4 is 0 Å². The third-order valence-electron chi connectivity index (χ3n) is 7.87. The van der Waals surface area contributed by atoms with Gasteiger partial charge >= 0.3 is 5.97 Å². The maximum atomic E-state index is 13.0. The van der Waals surface area contributed by atoms with Crippen LogP contribution in [0.2, 0.25) is 5.02 Å². The Balaban J connectivity index is 1.13. The molecule has 31 heavy (non-hydrogen) atoms. The molecule has 4 aliphatic rings. The van der Waals surface area contributed by atoms with Crippen molar-refractivity contribution < 1.29 is 23.9 Å². The molecule has 164 valence electrons. The van der Waals surface area contributed by atoms with E-state index in [9.17, 15) is 19.2 Å². The Bertz CT molecular complexity index is 892. The van der Waals surface area contributed by atoms with Gasteiger partial charge in [-0.05, 0) is 81.0 Å². The lowest BCUT2D eigenvalue weighted by Crippen LogP contribution is -2.44. The van der Waals surface area contributed by atoms with E-state index in [1.165, 1.54) is 0 Å². The normalized spacial score (nSPS) is 34.2. The minimum absolute atomic E-state index is 0.0294. The number of amides is 2. The zero-order valence-corrected chi connectivity index (χ0v) is 18.1. The molecule has 4 atom stereocenters. The number of imide groups is 1. The second kappa shape index (κ2) is 8.05. The zero-order valence-electron chi connectivity index (χ0n) is 17.3. The average Bonchev–Trinajstić information content (AvgIpc) is 3.46. The fourth-order valence-electron chi connectivity index (χ4n) is 6.34. The van der Waals surface area contributed by atoms with Crippen LogP contribution >= 0.6 is 11.6 Å². The number of likely N-dealkylation sites (tertiary alicyclic amines) is 1. The number of rotatable bonds is 5. The van der Waals surface area contributed by atoms with Crippen LogP contribution in [0.25, 0.3) is 0 Å². The van der Waals surface area contributed by atoms with E-state index in [4.69, 9.17) is 16.3 Å². The average molecular weight is 444 g/mol. The Kier molecular flexibility index (Phi) is 5.37. The van der Waals surface area contributed by atoms with E-state index >= 15 is 0 Å². The highest BCUT2D eigenvalue weighted by Crippen LogP contribution is 2.56. The van der Waals surface area contributed by atoms with Gasteiger partial charge in [-0.15, -0.1) is 0 Å². The SMILES string of the molecule is O=C(COC(=O)C1CCC(N2C(=O)C3C4CCC(C4)C3C2=O)CC1)c1ccc(Cl)cc1. The summed E-state index contributed by atoms with van der Waals surface area (Å²) in [6, 6.07) is 6.35. The number of hydrogen-bond acceptors (Lipinski definition) is 5. The first kappa shape index (κ1) is 20.7. The quantitative estimate of drug-likeness (QED) is 0.394. The third kappa shape index (κ3) is 3.59. The Morgan fingerprint density at radius 1 is 0.903 bits per heavy atom. The number of benzene rings is 1. The fourth-order valence-corrected chi connectivity index (χ4v) is 6.46. The topological polar surface area (TPSA) is 80.8 Å². The van der Waals surface area contributed by atoms with Gasteiger partial charge in [0.1, 0.15) is 0 Å². The second-order valence-electron chi connectivity index (χ2n) is 9.47. The number of carbonyl (C=O) groups is 4. The molecule has 2 bridgehead atoms. The van der Waals surface area contributed by atoms with Gasteiger partial charge in [-0.3, -0.25) is 24.1 Å². The maximum Gasteiger partial charge on any atom is 0.309 e. The molecule has 4 unspecified atom stereocenters. The highest BCUT2D eigenvalue weighted by atomic mass is 35.5. The van der Waals surface area contributed by atoms with E-state index < -0.39 is 0 Å². The summed E-state index contributed by atoms with van der Waals surface area (Å²) < 4.78 is 5.26. The first-order chi connectivity index (χ1) is 14.9. The molecule has 0 N–H and O–H groups in total. The molecular formula is C24H26ClNO5. The van der Waals surface area contributed by atoms with Gasteiger partial charge in [0.25, 0.3) is 0 Å². The molecule has 0 spiro atoms. The number of Topliss-reactive ketones (excluding diaryl/α,β-unsaturated/α-hetero) is 1. The Labute approximate surface area is 186 Å². The summed E-state index contributed by atoms with van der Waals surface area (Å²) >= 11 is 5.82. The largest absolute Gasteiger partial charge is 0.457 e. The van der Waals surface area contributed by atoms with Crippen LogP contribution in [0.1, 0.15) is 55.3 Å². The number of nitrogens with zero attached hydrogens (tertiary/aromatic N) is 1. The van der Waals surface area contributed by atoms with E-state index in [2.05, 4.69) is 0 Å². The molecule has 0 radical (unpaired) electrons. The van der Waals surface area contributed by atoms with Gasteiger partial charge in [0.15, 0.2) is 12.4 Å². The summed E-state index contributed by atoms with van der Waals surface area (Å²) in [6.07, 6.45) is 5.57. The Morgan fingerprint density at radius 2 is 1.48 bits per heavy atom. The van der Waals surface area contributed by atoms with Crippen LogP contribution in [0.5, 0.6) is 0 Å². The summed E-state index contributed by atoms with van der Waals surface area (Å²) in [5.41, 5.74) is 0.450. The molecule has 7 heteroatoms. The predicted molar refractivity (Wildman–Crippen MR) is 112 cm³/mol. The molecular weight excluding hydrogens is 418 g/mol. The Hall–Kier alpha value is -2.21. The van der Waals surface area contributed by atoms with Crippen molar-refractivity contribution in [2.24, 2.45) is 29.6 Å². The van der Waals surface area contributed by atoms with Crippen LogP contribution in [-0.4, -0.2) is 41.1 Å². The van der Waals surface area contributed by atoms with E-state index in [0.717, 1.165) is 19.3 Å². The van der Waals surface area contributed by atoms with Gasteiger partial charge in [-0.1, -0.05) is 11.6 Å². The first-order valence-electron chi connectivity index (χ1n) is 11.3. The van der Waals surface area contributed by atoms with Crippen molar-refractivity contribution in [2.45, 2.75) is 51.0 Å². The molecule has 1 heterocycles. The van der Waals surface area contributed by atoms with Gasteiger partial charge in [0, 0.05) is 16.6 Å². The fraction of sp³-hybridized carbons (Fsp3) is 0.583. The first-order valence-corrected chi connectivity index (χ1v) is 11.6. The number of fused-ring (bicyclic) bond motifs is 5. The van der Waals surface area contributed by atoms with E-state index in [1.54, 1.807) is 29.2 Å². The van der Waals surface area contributed by atoms with Crippen molar-refractivity contribution in [3.63, 3.8) is 0 Å². The molecule has 0 aromatic heterocycles. The lowest BCUT2D eigenvalue weighted by Gasteiger charge is -2.33. The number of carbonyl (C=O) groups excluding carboxylic acids is 4. The van der Waals surface area contributed by atoms with Crippen LogP contribution in [0.15, 0.2) is 24.3 Å². The van der Waals surface area contributed by atoms with Crippen LogP contribution in [-0.2, 0) is 19.1 Å². The van der Waals surface area contributed by atoms with Crippen molar-refractivity contribution in [3.8, 4) is 0 Å². The van der Waals surface area contributed by atoms with Crippen LogP contribution in [0.3, 0.4) is 0 Å². The lowest BCUT2D eigenvalue weighted by molar-refractivity contribution is -0.149. The van der Waals surface area contributed by atoms with Crippen molar-refractivity contribution in [1.29, 1.82) is 0 Å². The minimum Gasteiger partial charge on any atom is -0.457 e. The van der Waals surface area contributed by atoms with Gasteiger partial charge in [-0.2, -0.15) is 0 Å². The van der Waals surface area contributed by atoms with Crippen LogP contribution in [0, 0.1) is 29.6 Å². The molecule has 1 saturated heterocycles. The number of ether oxygens (including phenoxy) is 1. The number of halogens is 1. The summed E-state index contributed by atoms with van der Waals surface area (Å²) in [5, 5.41) is 0.538. The third-order valence-corrected chi connectivity index (χ3v) is 8.12.